The molecule has 1 amide bonds. The van der Waals surface area contributed by atoms with Gasteiger partial charge in [0.2, 0.25) is 5.91 Å². The molecule has 1 N–H and O–H groups in total. The first-order valence-electron chi connectivity index (χ1n) is 6.23. The van der Waals surface area contributed by atoms with Gasteiger partial charge >= 0.3 is 0 Å². The average molecular weight is 295 g/mol. The van der Waals surface area contributed by atoms with Crippen LogP contribution in [0.5, 0.6) is 0 Å². The number of nitrogens with zero attached hydrogens (tertiary/aromatic N) is 3. The number of aromatic nitrogens is 3. The van der Waals surface area contributed by atoms with E-state index in [1.165, 1.54) is 6.33 Å². The van der Waals surface area contributed by atoms with Crippen molar-refractivity contribution >= 4 is 23.2 Å². The van der Waals surface area contributed by atoms with Crippen molar-refractivity contribution in [2.24, 2.45) is 0 Å². The van der Waals surface area contributed by atoms with Crippen molar-refractivity contribution in [3.05, 3.63) is 35.9 Å². The fraction of sp³-hybridized carbons (Fsp3) is 0.308. The fourth-order valence-corrected chi connectivity index (χ4v) is 1.83. The van der Waals surface area contributed by atoms with Crippen molar-refractivity contribution in [2.45, 2.75) is 13.3 Å². The molecule has 2 rings (SSSR count). The lowest BCUT2D eigenvalue weighted by molar-refractivity contribution is -0.117. The summed E-state index contributed by atoms with van der Waals surface area (Å²) in [6.07, 6.45) is 3.27. The largest absolute Gasteiger partial charge is 0.381 e. The molecule has 0 aliphatic rings. The minimum Gasteiger partial charge on any atom is -0.381 e. The number of amides is 1. The third kappa shape index (κ3) is 3.79. The zero-order chi connectivity index (χ0) is 14.4. The van der Waals surface area contributed by atoms with Gasteiger partial charge in [0.15, 0.2) is 0 Å². The van der Waals surface area contributed by atoms with Crippen LogP contribution in [0.25, 0.3) is 5.69 Å². The van der Waals surface area contributed by atoms with Gasteiger partial charge in [-0.2, -0.15) is 5.10 Å². The number of ether oxygens (including phenoxy) is 1. The van der Waals surface area contributed by atoms with Gasteiger partial charge in [-0.25, -0.2) is 9.67 Å². The number of hydrogen-bond donors (Lipinski definition) is 1. The van der Waals surface area contributed by atoms with E-state index in [0.717, 1.165) is 0 Å². The molecule has 1 heterocycles. The number of carbonyl (C=O) groups is 1. The molecule has 0 atom stereocenters. The fourth-order valence-electron chi connectivity index (χ4n) is 1.66. The van der Waals surface area contributed by atoms with Gasteiger partial charge in [-0.05, 0) is 25.1 Å². The lowest BCUT2D eigenvalue weighted by atomic mass is 10.2. The van der Waals surface area contributed by atoms with E-state index < -0.39 is 0 Å². The predicted octanol–water partition coefficient (Wildman–Crippen LogP) is 2.29. The molecular formula is C13H15ClN4O2. The van der Waals surface area contributed by atoms with Crippen LogP contribution in [0.15, 0.2) is 30.9 Å². The summed E-state index contributed by atoms with van der Waals surface area (Å²) in [6.45, 7) is 2.87. The topological polar surface area (TPSA) is 69.0 Å². The zero-order valence-electron chi connectivity index (χ0n) is 11.0. The molecule has 0 saturated carbocycles. The number of anilines is 1. The highest BCUT2D eigenvalue weighted by atomic mass is 35.5. The molecule has 2 aromatic rings. The van der Waals surface area contributed by atoms with Gasteiger partial charge in [0, 0.05) is 11.6 Å². The Morgan fingerprint density at radius 2 is 2.35 bits per heavy atom. The molecule has 7 heteroatoms. The van der Waals surface area contributed by atoms with Crippen LogP contribution >= 0.6 is 11.6 Å². The number of rotatable bonds is 6. The molecule has 0 aliphatic heterocycles. The molecule has 0 fully saturated rings. The van der Waals surface area contributed by atoms with Gasteiger partial charge in [-0.15, -0.1) is 0 Å². The summed E-state index contributed by atoms with van der Waals surface area (Å²) in [4.78, 5) is 15.7. The lowest BCUT2D eigenvalue weighted by Crippen LogP contribution is -2.15. The van der Waals surface area contributed by atoms with Gasteiger partial charge < -0.3 is 10.1 Å². The molecule has 0 aliphatic carbocycles. The summed E-state index contributed by atoms with van der Waals surface area (Å²) in [5.41, 5.74) is 1.29. The van der Waals surface area contributed by atoms with Gasteiger partial charge in [0.25, 0.3) is 0 Å². The van der Waals surface area contributed by atoms with Crippen LogP contribution in [0.3, 0.4) is 0 Å². The first kappa shape index (κ1) is 14.5. The minimum atomic E-state index is -0.137. The van der Waals surface area contributed by atoms with E-state index in [1.807, 2.05) is 6.92 Å². The van der Waals surface area contributed by atoms with Crippen molar-refractivity contribution in [1.29, 1.82) is 0 Å². The van der Waals surface area contributed by atoms with E-state index in [-0.39, 0.29) is 12.3 Å². The molecule has 0 radical (unpaired) electrons. The third-order valence-corrected chi connectivity index (χ3v) is 2.81. The number of hydrogen-bond acceptors (Lipinski definition) is 4. The normalized spacial score (nSPS) is 10.5. The van der Waals surface area contributed by atoms with Crippen molar-refractivity contribution in [3.63, 3.8) is 0 Å². The second-order valence-corrected chi connectivity index (χ2v) is 4.43. The molecule has 0 unspecified atom stereocenters. The molecule has 0 spiro atoms. The second kappa shape index (κ2) is 7.02. The molecule has 0 bridgehead atoms. The van der Waals surface area contributed by atoms with E-state index in [9.17, 15) is 4.79 Å². The number of halogens is 1. The first-order chi connectivity index (χ1) is 9.70. The maximum atomic E-state index is 11.8. The van der Waals surface area contributed by atoms with Crippen molar-refractivity contribution in [1.82, 2.24) is 14.8 Å². The van der Waals surface area contributed by atoms with Crippen LogP contribution in [-0.2, 0) is 9.53 Å². The quantitative estimate of drug-likeness (QED) is 0.830. The Morgan fingerprint density at radius 1 is 1.50 bits per heavy atom. The highest BCUT2D eigenvalue weighted by Gasteiger charge is 2.10. The zero-order valence-corrected chi connectivity index (χ0v) is 11.8. The number of carbonyl (C=O) groups excluding carboxylic acids is 1. The van der Waals surface area contributed by atoms with Gasteiger partial charge in [0.1, 0.15) is 12.7 Å². The Hall–Kier alpha value is -1.92. The van der Waals surface area contributed by atoms with Crippen LogP contribution in [0.4, 0.5) is 5.69 Å². The molecule has 1 aromatic heterocycles. The minimum absolute atomic E-state index is 0.137. The highest BCUT2D eigenvalue weighted by molar-refractivity contribution is 6.31. The van der Waals surface area contributed by atoms with E-state index in [2.05, 4.69) is 15.4 Å². The summed E-state index contributed by atoms with van der Waals surface area (Å²) in [6, 6.07) is 5.18. The second-order valence-electron chi connectivity index (χ2n) is 4.00. The lowest BCUT2D eigenvalue weighted by Gasteiger charge is -2.11. The SMILES string of the molecule is CCOCCC(=O)Nc1cc(Cl)ccc1-n1cncn1. The third-order valence-electron chi connectivity index (χ3n) is 2.58. The predicted molar refractivity (Wildman–Crippen MR) is 76.1 cm³/mol. The van der Waals surface area contributed by atoms with Crippen LogP contribution in [-0.4, -0.2) is 33.9 Å². The Labute approximate surface area is 121 Å². The number of benzene rings is 1. The van der Waals surface area contributed by atoms with Gasteiger partial charge in [-0.1, -0.05) is 11.6 Å². The van der Waals surface area contributed by atoms with Crippen LogP contribution in [0, 0.1) is 0 Å². The highest BCUT2D eigenvalue weighted by Crippen LogP contribution is 2.24. The van der Waals surface area contributed by atoms with E-state index in [1.54, 1.807) is 29.2 Å². The summed E-state index contributed by atoms with van der Waals surface area (Å²) in [5, 5.41) is 7.39. The summed E-state index contributed by atoms with van der Waals surface area (Å²) < 4.78 is 6.72. The van der Waals surface area contributed by atoms with Gasteiger partial charge in [-0.3, -0.25) is 4.79 Å². The molecule has 106 valence electrons. The molecule has 20 heavy (non-hydrogen) atoms. The molecule has 6 nitrogen and oxygen atoms in total. The smallest absolute Gasteiger partial charge is 0.226 e. The van der Waals surface area contributed by atoms with E-state index in [4.69, 9.17) is 16.3 Å². The standard InChI is InChI=1S/C13H15ClN4O2/c1-2-20-6-5-13(19)17-11-7-10(14)3-4-12(11)18-9-15-8-16-18/h3-4,7-9H,2,5-6H2,1H3,(H,17,19). The average Bonchev–Trinajstić information content (AvgIpc) is 2.93. The maximum Gasteiger partial charge on any atom is 0.226 e. The van der Waals surface area contributed by atoms with Crippen molar-refractivity contribution in [2.75, 3.05) is 18.5 Å². The van der Waals surface area contributed by atoms with Crippen LogP contribution in [0.1, 0.15) is 13.3 Å². The molecular weight excluding hydrogens is 280 g/mol. The van der Waals surface area contributed by atoms with Crippen molar-refractivity contribution < 1.29 is 9.53 Å². The van der Waals surface area contributed by atoms with E-state index in [0.29, 0.717) is 29.6 Å². The van der Waals surface area contributed by atoms with Crippen LogP contribution < -0.4 is 5.32 Å². The maximum absolute atomic E-state index is 11.8. The Kier molecular flexibility index (Phi) is 5.09. The Balaban J connectivity index is 2.14. The first-order valence-corrected chi connectivity index (χ1v) is 6.60. The number of nitrogens with one attached hydrogen (secondary N) is 1. The Bertz CT molecular complexity index is 572. The van der Waals surface area contributed by atoms with Gasteiger partial charge in [0.05, 0.1) is 24.4 Å². The van der Waals surface area contributed by atoms with Crippen LogP contribution in [0.2, 0.25) is 5.02 Å². The molecule has 0 saturated heterocycles. The summed E-state index contributed by atoms with van der Waals surface area (Å²) in [5.74, 6) is -0.137. The monoisotopic (exact) mass is 294 g/mol. The summed E-state index contributed by atoms with van der Waals surface area (Å²) >= 11 is 5.97. The Morgan fingerprint density at radius 3 is 3.05 bits per heavy atom. The van der Waals surface area contributed by atoms with E-state index >= 15 is 0 Å². The summed E-state index contributed by atoms with van der Waals surface area (Å²) in [7, 11) is 0. The molecule has 1 aromatic carbocycles. The van der Waals surface area contributed by atoms with Crippen molar-refractivity contribution in [3.8, 4) is 5.69 Å².